The Bertz CT molecular complexity index is 486. The van der Waals surface area contributed by atoms with Gasteiger partial charge < -0.3 is 11.5 Å². The first-order valence-electron chi connectivity index (χ1n) is 4.63. The third kappa shape index (κ3) is 1.47. The zero-order chi connectivity index (χ0) is 12.1. The van der Waals surface area contributed by atoms with Gasteiger partial charge in [-0.3, -0.25) is 4.79 Å². The first-order chi connectivity index (χ1) is 7.40. The van der Waals surface area contributed by atoms with Crippen LogP contribution in [0.4, 0.5) is 14.5 Å². The number of nitrogens with two attached hydrogens (primary N) is 2. The molecule has 0 heterocycles. The Morgan fingerprint density at radius 3 is 2.44 bits per heavy atom. The molecular formula is C10H9F2IN2O. The number of rotatable bonds is 2. The summed E-state index contributed by atoms with van der Waals surface area (Å²) in [5.74, 6) is -2.11. The second-order valence-corrected chi connectivity index (χ2v) is 4.97. The summed E-state index contributed by atoms with van der Waals surface area (Å²) in [6.45, 7) is 0. The lowest BCUT2D eigenvalue weighted by atomic mass is 9.93. The van der Waals surface area contributed by atoms with Crippen molar-refractivity contribution in [3.05, 3.63) is 26.8 Å². The molecule has 1 aromatic rings. The number of nitrogen functional groups attached to an aromatic ring is 1. The van der Waals surface area contributed by atoms with E-state index in [0.29, 0.717) is 12.8 Å². The molecule has 0 spiro atoms. The van der Waals surface area contributed by atoms with Crippen molar-refractivity contribution in [1.82, 2.24) is 0 Å². The van der Waals surface area contributed by atoms with Gasteiger partial charge in [0.1, 0.15) is 5.82 Å². The Labute approximate surface area is 104 Å². The van der Waals surface area contributed by atoms with E-state index in [9.17, 15) is 13.6 Å². The molecule has 1 fully saturated rings. The summed E-state index contributed by atoms with van der Waals surface area (Å²) in [5, 5.41) is 0. The van der Waals surface area contributed by atoms with Crippen LogP contribution in [0.2, 0.25) is 0 Å². The number of amides is 1. The normalized spacial score (nSPS) is 17.2. The van der Waals surface area contributed by atoms with Gasteiger partial charge in [0.15, 0.2) is 5.82 Å². The SMILES string of the molecule is NC(=O)C1(c2cc(F)c(I)c(F)c2N)CC1. The molecular weight excluding hydrogens is 329 g/mol. The van der Waals surface area contributed by atoms with Crippen molar-refractivity contribution >= 4 is 34.2 Å². The van der Waals surface area contributed by atoms with Gasteiger partial charge in [0.05, 0.1) is 14.7 Å². The van der Waals surface area contributed by atoms with Gasteiger partial charge in [0.25, 0.3) is 0 Å². The molecule has 16 heavy (non-hydrogen) atoms. The van der Waals surface area contributed by atoms with Crippen LogP contribution in [-0.4, -0.2) is 5.91 Å². The Balaban J connectivity index is 2.63. The van der Waals surface area contributed by atoms with Crippen molar-refractivity contribution in [2.45, 2.75) is 18.3 Å². The molecule has 0 radical (unpaired) electrons. The molecule has 0 aromatic heterocycles. The van der Waals surface area contributed by atoms with E-state index in [-0.39, 0.29) is 14.8 Å². The minimum absolute atomic E-state index is 0.167. The first kappa shape index (κ1) is 11.6. The highest BCUT2D eigenvalue weighted by Gasteiger charge is 2.51. The molecule has 1 amide bonds. The maximum atomic E-state index is 13.5. The van der Waals surface area contributed by atoms with Crippen molar-refractivity contribution in [1.29, 1.82) is 0 Å². The second kappa shape index (κ2) is 3.54. The fraction of sp³-hybridized carbons (Fsp3) is 0.300. The summed E-state index contributed by atoms with van der Waals surface area (Å²) < 4.78 is 26.8. The molecule has 3 nitrogen and oxygen atoms in total. The van der Waals surface area contributed by atoms with Crippen LogP contribution in [0.15, 0.2) is 6.07 Å². The predicted octanol–water partition coefficient (Wildman–Crippen LogP) is 1.67. The Kier molecular flexibility index (Phi) is 2.56. The average molecular weight is 338 g/mol. The number of halogens is 3. The first-order valence-corrected chi connectivity index (χ1v) is 5.71. The lowest BCUT2D eigenvalue weighted by Gasteiger charge is -2.15. The number of carbonyl (C=O) groups excluding carboxylic acids is 1. The van der Waals surface area contributed by atoms with Crippen molar-refractivity contribution in [2.75, 3.05) is 5.73 Å². The van der Waals surface area contributed by atoms with Crippen LogP contribution in [-0.2, 0) is 10.2 Å². The molecule has 1 aliphatic carbocycles. The number of hydrogen-bond acceptors (Lipinski definition) is 2. The van der Waals surface area contributed by atoms with Gasteiger partial charge in [-0.15, -0.1) is 0 Å². The predicted molar refractivity (Wildman–Crippen MR) is 63.6 cm³/mol. The van der Waals surface area contributed by atoms with Crippen LogP contribution in [0, 0.1) is 15.2 Å². The molecule has 4 N–H and O–H groups in total. The van der Waals surface area contributed by atoms with Crippen LogP contribution < -0.4 is 11.5 Å². The summed E-state index contributed by atoms with van der Waals surface area (Å²) in [5.41, 5.74) is 9.83. The maximum Gasteiger partial charge on any atom is 0.228 e. The largest absolute Gasteiger partial charge is 0.396 e. The van der Waals surface area contributed by atoms with E-state index >= 15 is 0 Å². The van der Waals surface area contributed by atoms with E-state index in [2.05, 4.69) is 0 Å². The number of carbonyl (C=O) groups is 1. The number of hydrogen-bond donors (Lipinski definition) is 2. The summed E-state index contributed by atoms with van der Waals surface area (Å²) in [6.07, 6.45) is 0.984. The Morgan fingerprint density at radius 1 is 1.44 bits per heavy atom. The maximum absolute atomic E-state index is 13.5. The monoisotopic (exact) mass is 338 g/mol. The van der Waals surface area contributed by atoms with Crippen molar-refractivity contribution in [3.63, 3.8) is 0 Å². The highest BCUT2D eigenvalue weighted by molar-refractivity contribution is 14.1. The van der Waals surface area contributed by atoms with Gasteiger partial charge >= 0.3 is 0 Å². The molecule has 1 saturated carbocycles. The molecule has 86 valence electrons. The van der Waals surface area contributed by atoms with E-state index in [0.717, 1.165) is 6.07 Å². The molecule has 0 saturated heterocycles. The molecule has 6 heteroatoms. The van der Waals surface area contributed by atoms with Crippen molar-refractivity contribution in [3.8, 4) is 0 Å². The highest BCUT2D eigenvalue weighted by Crippen LogP contribution is 2.50. The minimum Gasteiger partial charge on any atom is -0.396 e. The quantitative estimate of drug-likeness (QED) is 0.489. The third-order valence-electron chi connectivity index (χ3n) is 2.94. The van der Waals surface area contributed by atoms with Gasteiger partial charge in [-0.25, -0.2) is 8.78 Å². The lowest BCUT2D eigenvalue weighted by Crippen LogP contribution is -2.29. The minimum atomic E-state index is -0.962. The van der Waals surface area contributed by atoms with Crippen LogP contribution in [0.1, 0.15) is 18.4 Å². The Hall–Kier alpha value is -0.920. The standard InChI is InChI=1S/C10H9F2IN2O/c11-5-3-4(8(14)6(12)7(5)13)10(1-2-10)9(15)16/h3H,1-2,14H2,(H2,15,16). The van der Waals surface area contributed by atoms with Crippen LogP contribution in [0.5, 0.6) is 0 Å². The van der Waals surface area contributed by atoms with E-state index in [1.54, 1.807) is 0 Å². The second-order valence-electron chi connectivity index (χ2n) is 3.89. The molecule has 2 rings (SSSR count). The van der Waals surface area contributed by atoms with E-state index in [4.69, 9.17) is 11.5 Å². The molecule has 0 unspecified atom stereocenters. The van der Waals surface area contributed by atoms with Crippen LogP contribution >= 0.6 is 22.6 Å². The smallest absolute Gasteiger partial charge is 0.228 e. The molecule has 0 bridgehead atoms. The molecule has 0 aliphatic heterocycles. The van der Waals surface area contributed by atoms with Gasteiger partial charge in [-0.2, -0.15) is 0 Å². The number of primary amides is 1. The van der Waals surface area contributed by atoms with Crippen LogP contribution in [0.25, 0.3) is 0 Å². The summed E-state index contributed by atoms with van der Waals surface area (Å²) >= 11 is 1.53. The lowest BCUT2D eigenvalue weighted by molar-refractivity contribution is -0.120. The topological polar surface area (TPSA) is 69.1 Å². The molecule has 0 atom stereocenters. The Morgan fingerprint density at radius 2 is 2.00 bits per heavy atom. The number of benzene rings is 1. The van der Waals surface area contributed by atoms with Gasteiger partial charge in [-0.05, 0) is 47.1 Å². The van der Waals surface area contributed by atoms with Gasteiger partial charge in [0, 0.05) is 0 Å². The average Bonchev–Trinajstić information content (AvgIpc) is 3.01. The molecule has 1 aliphatic rings. The summed E-state index contributed by atoms with van der Waals surface area (Å²) in [6, 6.07) is 1.11. The van der Waals surface area contributed by atoms with E-state index < -0.39 is 23.0 Å². The summed E-state index contributed by atoms with van der Waals surface area (Å²) in [4.78, 5) is 11.3. The van der Waals surface area contributed by atoms with Gasteiger partial charge in [-0.1, -0.05) is 0 Å². The number of anilines is 1. The van der Waals surface area contributed by atoms with E-state index in [1.807, 2.05) is 0 Å². The molecule has 1 aromatic carbocycles. The highest BCUT2D eigenvalue weighted by atomic mass is 127. The van der Waals surface area contributed by atoms with E-state index in [1.165, 1.54) is 22.6 Å². The zero-order valence-electron chi connectivity index (χ0n) is 8.19. The van der Waals surface area contributed by atoms with Gasteiger partial charge in [0.2, 0.25) is 5.91 Å². The zero-order valence-corrected chi connectivity index (χ0v) is 10.3. The fourth-order valence-electron chi connectivity index (χ4n) is 1.78. The fourth-order valence-corrected chi connectivity index (χ4v) is 2.22. The summed E-state index contributed by atoms with van der Waals surface area (Å²) in [7, 11) is 0. The van der Waals surface area contributed by atoms with Crippen molar-refractivity contribution in [2.24, 2.45) is 5.73 Å². The third-order valence-corrected chi connectivity index (χ3v) is 3.93. The van der Waals surface area contributed by atoms with Crippen LogP contribution in [0.3, 0.4) is 0 Å². The van der Waals surface area contributed by atoms with Crippen molar-refractivity contribution < 1.29 is 13.6 Å².